The highest BCUT2D eigenvalue weighted by atomic mass is 16.5. The summed E-state index contributed by atoms with van der Waals surface area (Å²) in [5.41, 5.74) is 1.08. The molecule has 0 spiro atoms. The molecule has 0 radical (unpaired) electrons. The Labute approximate surface area is 74.7 Å². The highest BCUT2D eigenvalue weighted by Crippen LogP contribution is 2.13. The summed E-state index contributed by atoms with van der Waals surface area (Å²) in [7, 11) is 0. The molecule has 0 heterocycles. The number of rotatable bonds is 4. The van der Waals surface area contributed by atoms with Crippen LogP contribution in [0.15, 0.2) is 48.5 Å². The van der Waals surface area contributed by atoms with Crippen molar-refractivity contribution in [3.63, 3.8) is 0 Å². The summed E-state index contributed by atoms with van der Waals surface area (Å²) in [5, 5.41) is 0. The van der Waals surface area contributed by atoms with Crippen LogP contribution < -0.4 is 0 Å². The minimum Gasteiger partial charge on any atom is -0.462 e. The highest BCUT2D eigenvalue weighted by molar-refractivity contribution is 5.27. The molecular weight excluding hydrogens is 148 g/mol. The highest BCUT2D eigenvalue weighted by Gasteiger charge is 1.98. The summed E-state index contributed by atoms with van der Waals surface area (Å²) < 4.78 is 5.37. The molecule has 1 nitrogen and oxygen atoms in total. The van der Waals surface area contributed by atoms with Crippen LogP contribution in [-0.4, -0.2) is 0 Å². The van der Waals surface area contributed by atoms with Crippen LogP contribution in [0.4, 0.5) is 0 Å². The lowest BCUT2D eigenvalue weighted by Crippen LogP contribution is -1.90. The predicted octanol–water partition coefficient (Wildman–Crippen LogP) is 3.57. The lowest BCUT2D eigenvalue weighted by atomic mass is 10.2. The van der Waals surface area contributed by atoms with Crippen molar-refractivity contribution in [1.29, 1.82) is 0 Å². The van der Waals surface area contributed by atoms with Crippen LogP contribution in [0.1, 0.15) is 20.8 Å². The Morgan fingerprint density at radius 1 is 1.33 bits per heavy atom. The molecule has 0 fully saturated rings. The van der Waals surface area contributed by atoms with E-state index in [-0.39, 0.29) is 0 Å². The molecule has 0 N–H and O–H groups in total. The van der Waals surface area contributed by atoms with Gasteiger partial charge in [0.25, 0.3) is 0 Å². The molecule has 0 aromatic carbocycles. The fraction of sp³-hybridized carbons (Fsp3) is 0.273. The molecule has 0 atom stereocenters. The van der Waals surface area contributed by atoms with Gasteiger partial charge in [-0.15, -0.1) is 0 Å². The third kappa shape index (κ3) is 3.81. The van der Waals surface area contributed by atoms with Crippen molar-refractivity contribution in [3.05, 3.63) is 48.5 Å². The molecule has 0 aromatic rings. The Bertz CT molecular complexity index is 231. The normalized spacial score (nSPS) is 12.6. The van der Waals surface area contributed by atoms with Crippen LogP contribution in [0.2, 0.25) is 0 Å². The second-order valence-corrected chi connectivity index (χ2v) is 2.54. The van der Waals surface area contributed by atoms with E-state index in [1.165, 1.54) is 0 Å². The average Bonchev–Trinajstić information content (AvgIpc) is 2.01. The number of hydrogen-bond acceptors (Lipinski definition) is 1. The van der Waals surface area contributed by atoms with Gasteiger partial charge in [0.2, 0.25) is 0 Å². The summed E-state index contributed by atoms with van der Waals surface area (Å²) in [6.07, 6.45) is 5.51. The van der Waals surface area contributed by atoms with E-state index in [2.05, 4.69) is 13.2 Å². The van der Waals surface area contributed by atoms with E-state index in [0.29, 0.717) is 5.76 Å². The van der Waals surface area contributed by atoms with E-state index in [1.807, 2.05) is 32.9 Å². The lowest BCUT2D eigenvalue weighted by molar-refractivity contribution is 0.318. The van der Waals surface area contributed by atoms with Gasteiger partial charge >= 0.3 is 0 Å². The molecule has 1 heteroatoms. The summed E-state index contributed by atoms with van der Waals surface area (Å²) in [4.78, 5) is 0. The van der Waals surface area contributed by atoms with Gasteiger partial charge in [-0.3, -0.25) is 0 Å². The first-order valence-corrected chi connectivity index (χ1v) is 3.91. The van der Waals surface area contributed by atoms with E-state index in [4.69, 9.17) is 4.74 Å². The molecule has 0 amide bonds. The van der Waals surface area contributed by atoms with E-state index in [0.717, 1.165) is 11.3 Å². The monoisotopic (exact) mass is 164 g/mol. The quantitative estimate of drug-likeness (QED) is 0.456. The van der Waals surface area contributed by atoms with Gasteiger partial charge < -0.3 is 4.74 Å². The van der Waals surface area contributed by atoms with E-state index >= 15 is 0 Å². The maximum absolute atomic E-state index is 5.37. The second kappa shape index (κ2) is 5.42. The number of allylic oxidation sites excluding steroid dienone is 5. The lowest BCUT2D eigenvalue weighted by Gasteiger charge is -2.08. The van der Waals surface area contributed by atoms with E-state index in [1.54, 1.807) is 6.08 Å². The van der Waals surface area contributed by atoms with Crippen molar-refractivity contribution < 1.29 is 4.74 Å². The van der Waals surface area contributed by atoms with Crippen LogP contribution >= 0.6 is 0 Å². The van der Waals surface area contributed by atoms with Crippen molar-refractivity contribution in [2.45, 2.75) is 20.8 Å². The van der Waals surface area contributed by atoms with Gasteiger partial charge in [0.1, 0.15) is 5.76 Å². The first-order chi connectivity index (χ1) is 5.61. The molecule has 0 aliphatic rings. The zero-order valence-corrected chi connectivity index (χ0v) is 8.05. The summed E-state index contributed by atoms with van der Waals surface area (Å²) >= 11 is 0. The fourth-order valence-corrected chi connectivity index (χ4v) is 0.683. The third-order valence-electron chi connectivity index (χ3n) is 1.38. The maximum Gasteiger partial charge on any atom is 0.129 e. The molecule has 0 aliphatic heterocycles. The molecule has 0 saturated carbocycles. The Balaban J connectivity index is 4.56. The van der Waals surface area contributed by atoms with Gasteiger partial charge in [-0.2, -0.15) is 0 Å². The SMILES string of the molecule is C=C/C=C(OC(=C)C)\C(C)=C/C. The fourth-order valence-electron chi connectivity index (χ4n) is 0.683. The largest absolute Gasteiger partial charge is 0.462 e. The van der Waals surface area contributed by atoms with Gasteiger partial charge in [-0.05, 0) is 32.4 Å². The third-order valence-corrected chi connectivity index (χ3v) is 1.38. The first kappa shape index (κ1) is 10.8. The van der Waals surface area contributed by atoms with Crippen molar-refractivity contribution in [3.8, 4) is 0 Å². The molecular formula is C11H16O. The Kier molecular flexibility index (Phi) is 4.86. The van der Waals surface area contributed by atoms with Gasteiger partial charge in [0.05, 0.1) is 5.76 Å². The Morgan fingerprint density at radius 3 is 2.25 bits per heavy atom. The maximum atomic E-state index is 5.37. The van der Waals surface area contributed by atoms with Crippen molar-refractivity contribution in [2.24, 2.45) is 0 Å². The molecule has 66 valence electrons. The minimum atomic E-state index is 0.685. The van der Waals surface area contributed by atoms with Gasteiger partial charge in [-0.25, -0.2) is 0 Å². The summed E-state index contributed by atoms with van der Waals surface area (Å²) in [5.74, 6) is 1.49. The molecule has 0 saturated heterocycles. The Morgan fingerprint density at radius 2 is 1.92 bits per heavy atom. The summed E-state index contributed by atoms with van der Waals surface area (Å²) in [6.45, 7) is 13.1. The zero-order valence-electron chi connectivity index (χ0n) is 8.05. The average molecular weight is 164 g/mol. The molecule has 0 rings (SSSR count). The van der Waals surface area contributed by atoms with Crippen molar-refractivity contribution in [2.75, 3.05) is 0 Å². The number of ether oxygens (including phenoxy) is 1. The Hall–Kier alpha value is -1.24. The second-order valence-electron chi connectivity index (χ2n) is 2.54. The smallest absolute Gasteiger partial charge is 0.129 e. The van der Waals surface area contributed by atoms with Gasteiger partial charge in [0, 0.05) is 0 Å². The first-order valence-electron chi connectivity index (χ1n) is 3.91. The topological polar surface area (TPSA) is 9.23 Å². The zero-order chi connectivity index (χ0) is 9.56. The van der Waals surface area contributed by atoms with Crippen LogP contribution in [-0.2, 0) is 4.74 Å². The molecule has 12 heavy (non-hydrogen) atoms. The van der Waals surface area contributed by atoms with E-state index in [9.17, 15) is 0 Å². The van der Waals surface area contributed by atoms with Gasteiger partial charge in [-0.1, -0.05) is 25.3 Å². The molecule has 0 bridgehead atoms. The predicted molar refractivity (Wildman–Crippen MR) is 53.6 cm³/mol. The number of hydrogen-bond donors (Lipinski definition) is 0. The molecule has 0 aliphatic carbocycles. The van der Waals surface area contributed by atoms with Crippen LogP contribution in [0.5, 0.6) is 0 Å². The molecule has 0 aromatic heterocycles. The molecule has 0 unspecified atom stereocenters. The summed E-state index contributed by atoms with van der Waals surface area (Å²) in [6, 6.07) is 0. The van der Waals surface area contributed by atoms with Crippen LogP contribution in [0.25, 0.3) is 0 Å². The van der Waals surface area contributed by atoms with Gasteiger partial charge in [0.15, 0.2) is 0 Å². The standard InChI is InChI=1S/C11H16O/c1-6-8-11(10(5)7-2)12-9(3)4/h6-8H,1,3H2,2,4-5H3/b10-7-,11-8+. The van der Waals surface area contributed by atoms with Crippen LogP contribution in [0.3, 0.4) is 0 Å². The van der Waals surface area contributed by atoms with Crippen LogP contribution in [0, 0.1) is 0 Å². The minimum absolute atomic E-state index is 0.685. The van der Waals surface area contributed by atoms with Crippen molar-refractivity contribution in [1.82, 2.24) is 0 Å². The van der Waals surface area contributed by atoms with Crippen molar-refractivity contribution >= 4 is 0 Å². The van der Waals surface area contributed by atoms with E-state index < -0.39 is 0 Å².